The zero-order valence-electron chi connectivity index (χ0n) is 23.6. The van der Waals surface area contributed by atoms with Crippen LogP contribution in [0.25, 0.3) is 11.0 Å². The molecule has 3 aromatic heterocycles. The second kappa shape index (κ2) is 11.6. The predicted octanol–water partition coefficient (Wildman–Crippen LogP) is 3.21. The number of aromatic nitrogens is 5. The van der Waals surface area contributed by atoms with Gasteiger partial charge in [-0.15, -0.1) is 0 Å². The second-order valence-corrected chi connectivity index (χ2v) is 12.1. The minimum Gasteiger partial charge on any atom is -0.381 e. The van der Waals surface area contributed by atoms with Crippen molar-refractivity contribution in [2.75, 3.05) is 50.2 Å². The lowest BCUT2D eigenvalue weighted by Crippen LogP contribution is -2.46. The molecule has 0 radical (unpaired) electrons. The molecule has 12 heteroatoms. The van der Waals surface area contributed by atoms with Crippen molar-refractivity contribution in [2.24, 2.45) is 11.7 Å². The van der Waals surface area contributed by atoms with Gasteiger partial charge >= 0.3 is 0 Å². The van der Waals surface area contributed by atoms with E-state index in [-0.39, 0.29) is 17.9 Å². The van der Waals surface area contributed by atoms with E-state index in [0.717, 1.165) is 101 Å². The fourth-order valence-corrected chi connectivity index (χ4v) is 6.98. The summed E-state index contributed by atoms with van der Waals surface area (Å²) < 4.78 is 15.3. The van der Waals surface area contributed by atoms with Gasteiger partial charge in [0, 0.05) is 62.7 Å². The number of nitrogens with two attached hydrogens (primary N) is 1. The van der Waals surface area contributed by atoms with Crippen molar-refractivity contribution in [3.63, 3.8) is 0 Å². The van der Waals surface area contributed by atoms with Crippen molar-refractivity contribution in [1.82, 2.24) is 29.2 Å². The van der Waals surface area contributed by atoms with Crippen LogP contribution in [-0.4, -0.2) is 86.7 Å². The summed E-state index contributed by atoms with van der Waals surface area (Å²) in [5.74, 6) is 1.13. The van der Waals surface area contributed by atoms with Crippen molar-refractivity contribution in [3.8, 4) is 0 Å². The smallest absolute Gasteiger partial charge is 0.229 e. The second-order valence-electron chi connectivity index (χ2n) is 12.1. The van der Waals surface area contributed by atoms with Crippen LogP contribution in [0.3, 0.4) is 0 Å². The third-order valence-corrected chi connectivity index (χ3v) is 9.49. The number of carbonyl (C=O) groups is 1. The average Bonchev–Trinajstić information content (AvgIpc) is 3.61. The molecule has 4 aliphatic rings. The van der Waals surface area contributed by atoms with Crippen LogP contribution >= 0.6 is 0 Å². The number of hydrogen-bond donors (Lipinski definition) is 3. The molecule has 220 valence electrons. The van der Waals surface area contributed by atoms with E-state index in [2.05, 4.69) is 31.4 Å². The molecule has 41 heavy (non-hydrogen) atoms. The van der Waals surface area contributed by atoms with E-state index < -0.39 is 0 Å². The maximum Gasteiger partial charge on any atom is 0.229 e. The number of fused-ring (bicyclic) bond motifs is 1. The van der Waals surface area contributed by atoms with Gasteiger partial charge in [0.1, 0.15) is 5.52 Å². The normalized spacial score (nSPS) is 27.9. The number of rotatable bonds is 8. The molecule has 12 nitrogen and oxygen atoms in total. The van der Waals surface area contributed by atoms with Gasteiger partial charge in [-0.2, -0.15) is 10.1 Å². The molecular formula is C29H41N9O3. The molecule has 7 rings (SSSR count). The van der Waals surface area contributed by atoms with Crippen molar-refractivity contribution >= 4 is 34.4 Å². The summed E-state index contributed by atoms with van der Waals surface area (Å²) in [5, 5.41) is 11.8. The standard InChI is InChI=1S/C29H41N9O3/c30-27(39)19-15-24(16-19)37-8-5-25-26(37)28(32-20-1-3-22(4-2-20)36-9-13-41-14-10-36)35-29(34-25)33-21-17-31-38(18-21)23-6-11-40-12-7-23/h5,8,17-20,22-24H,1-4,6-7,9-16H2,(H2,30,39)(H2,32,33,34,35). The molecule has 0 atom stereocenters. The first-order valence-corrected chi connectivity index (χ1v) is 15.3. The van der Waals surface area contributed by atoms with Crippen LogP contribution in [0.4, 0.5) is 17.5 Å². The van der Waals surface area contributed by atoms with Gasteiger partial charge in [0.25, 0.3) is 0 Å². The molecule has 5 heterocycles. The molecule has 1 amide bonds. The van der Waals surface area contributed by atoms with E-state index in [1.165, 1.54) is 12.8 Å². The molecule has 3 aromatic rings. The topological polar surface area (TPSA) is 137 Å². The number of nitrogens with zero attached hydrogens (tertiary/aromatic N) is 6. The van der Waals surface area contributed by atoms with Crippen molar-refractivity contribution < 1.29 is 14.3 Å². The molecule has 4 fully saturated rings. The van der Waals surface area contributed by atoms with Gasteiger partial charge in [-0.05, 0) is 57.4 Å². The first-order valence-electron chi connectivity index (χ1n) is 15.3. The first kappa shape index (κ1) is 26.7. The first-order chi connectivity index (χ1) is 20.1. The Morgan fingerprint density at radius 2 is 1.68 bits per heavy atom. The lowest BCUT2D eigenvalue weighted by Gasteiger charge is -2.39. The lowest BCUT2D eigenvalue weighted by atomic mass is 9.79. The Bertz CT molecular complexity index is 1350. The van der Waals surface area contributed by atoms with Gasteiger partial charge in [0.05, 0.1) is 36.7 Å². The van der Waals surface area contributed by atoms with Crippen LogP contribution < -0.4 is 16.4 Å². The summed E-state index contributed by atoms with van der Waals surface area (Å²) in [6.45, 7) is 5.31. The van der Waals surface area contributed by atoms with Gasteiger partial charge in [-0.25, -0.2) is 4.98 Å². The van der Waals surface area contributed by atoms with Crippen LogP contribution in [-0.2, 0) is 14.3 Å². The summed E-state index contributed by atoms with van der Waals surface area (Å²) in [6.07, 6.45) is 14.0. The van der Waals surface area contributed by atoms with E-state index in [0.29, 0.717) is 24.1 Å². The number of anilines is 3. The van der Waals surface area contributed by atoms with Crippen molar-refractivity contribution in [1.29, 1.82) is 0 Å². The number of hydrogen-bond acceptors (Lipinski definition) is 9. The molecule has 2 saturated carbocycles. The molecule has 4 N–H and O–H groups in total. The Kier molecular flexibility index (Phi) is 7.53. The van der Waals surface area contributed by atoms with Crippen LogP contribution in [0.2, 0.25) is 0 Å². The monoisotopic (exact) mass is 563 g/mol. The minimum atomic E-state index is -0.211. The maximum absolute atomic E-state index is 11.7. The Balaban J connectivity index is 1.11. The number of ether oxygens (including phenoxy) is 2. The summed E-state index contributed by atoms with van der Waals surface area (Å²) >= 11 is 0. The van der Waals surface area contributed by atoms with Gasteiger partial charge < -0.3 is 30.4 Å². The van der Waals surface area contributed by atoms with E-state index in [9.17, 15) is 4.79 Å². The highest BCUT2D eigenvalue weighted by molar-refractivity contribution is 5.88. The molecule has 0 bridgehead atoms. The number of carbonyl (C=O) groups excluding carboxylic acids is 1. The molecular weight excluding hydrogens is 522 g/mol. The Morgan fingerprint density at radius 3 is 2.44 bits per heavy atom. The van der Waals surface area contributed by atoms with Gasteiger partial charge in [0.15, 0.2) is 5.82 Å². The molecule has 0 unspecified atom stereocenters. The highest BCUT2D eigenvalue weighted by atomic mass is 16.5. The summed E-state index contributed by atoms with van der Waals surface area (Å²) in [4.78, 5) is 24.2. The summed E-state index contributed by atoms with van der Waals surface area (Å²) in [5.41, 5.74) is 8.32. The third kappa shape index (κ3) is 5.64. The number of morpholine rings is 1. The van der Waals surface area contributed by atoms with Crippen molar-refractivity contribution in [2.45, 2.75) is 75.5 Å². The van der Waals surface area contributed by atoms with Crippen molar-refractivity contribution in [3.05, 3.63) is 24.7 Å². The van der Waals surface area contributed by atoms with Gasteiger partial charge in [0.2, 0.25) is 11.9 Å². The molecule has 2 saturated heterocycles. The van der Waals surface area contributed by atoms with E-state index in [4.69, 9.17) is 25.2 Å². The number of amides is 1. The fraction of sp³-hybridized carbons (Fsp3) is 0.655. The average molecular weight is 564 g/mol. The fourth-order valence-electron chi connectivity index (χ4n) is 6.98. The molecule has 2 aliphatic heterocycles. The Labute approximate surface area is 239 Å². The quantitative estimate of drug-likeness (QED) is 0.377. The summed E-state index contributed by atoms with van der Waals surface area (Å²) in [6, 6.07) is 3.61. The highest BCUT2D eigenvalue weighted by Gasteiger charge is 2.36. The number of primary amides is 1. The van der Waals surface area contributed by atoms with Crippen LogP contribution in [0.1, 0.15) is 63.5 Å². The highest BCUT2D eigenvalue weighted by Crippen LogP contribution is 2.41. The van der Waals surface area contributed by atoms with Gasteiger partial charge in [-0.1, -0.05) is 0 Å². The number of nitrogens with one attached hydrogen (secondary N) is 2. The predicted molar refractivity (Wildman–Crippen MR) is 155 cm³/mol. The van der Waals surface area contributed by atoms with E-state index in [1.54, 1.807) is 0 Å². The Morgan fingerprint density at radius 1 is 0.927 bits per heavy atom. The SMILES string of the molecule is NC(=O)C1CC(n2ccc3nc(Nc4cnn(C5CCOCC5)c4)nc(NC4CCC(N5CCOCC5)CC4)c32)C1. The largest absolute Gasteiger partial charge is 0.381 e. The van der Waals surface area contributed by atoms with E-state index in [1.807, 2.05) is 23.1 Å². The molecule has 0 aromatic carbocycles. The van der Waals surface area contributed by atoms with Crippen LogP contribution in [0, 0.1) is 5.92 Å². The maximum atomic E-state index is 11.7. The lowest BCUT2D eigenvalue weighted by molar-refractivity contribution is -0.125. The van der Waals surface area contributed by atoms with Crippen LogP contribution in [0.15, 0.2) is 24.7 Å². The molecule has 2 aliphatic carbocycles. The van der Waals surface area contributed by atoms with Gasteiger partial charge in [-0.3, -0.25) is 14.4 Å². The molecule has 0 spiro atoms. The zero-order chi connectivity index (χ0) is 27.8. The van der Waals surface area contributed by atoms with Crippen LogP contribution in [0.5, 0.6) is 0 Å². The summed E-state index contributed by atoms with van der Waals surface area (Å²) in [7, 11) is 0. The van der Waals surface area contributed by atoms with E-state index >= 15 is 0 Å². The Hall–Kier alpha value is -3.22. The minimum absolute atomic E-state index is 0.0570. The zero-order valence-corrected chi connectivity index (χ0v) is 23.6. The third-order valence-electron chi connectivity index (χ3n) is 9.49.